The first-order valence-corrected chi connectivity index (χ1v) is 11.9. The van der Waals surface area contributed by atoms with Gasteiger partial charge in [0.05, 0.1) is 5.69 Å². The molecular weight excluding hydrogens is 426 g/mol. The van der Waals surface area contributed by atoms with Crippen LogP contribution in [0.2, 0.25) is 0 Å². The first-order chi connectivity index (χ1) is 16.3. The molecule has 1 heterocycles. The van der Waals surface area contributed by atoms with Gasteiger partial charge < -0.3 is 5.32 Å². The van der Waals surface area contributed by atoms with E-state index in [2.05, 4.69) is 30.4 Å². The molecular formula is C28H31N3O3. The van der Waals surface area contributed by atoms with Crippen LogP contribution in [0.1, 0.15) is 71.8 Å². The number of carbonyl (C=O) groups is 2. The summed E-state index contributed by atoms with van der Waals surface area (Å²) in [5.41, 5.74) is 6.85. The smallest absolute Gasteiger partial charge is 0.271 e. The van der Waals surface area contributed by atoms with E-state index in [1.807, 2.05) is 13.8 Å². The largest absolute Gasteiger partial charge is 0.324 e. The van der Waals surface area contributed by atoms with Crippen LogP contribution in [0.4, 0.5) is 5.69 Å². The average molecular weight is 458 g/mol. The van der Waals surface area contributed by atoms with E-state index in [1.54, 1.807) is 24.3 Å². The summed E-state index contributed by atoms with van der Waals surface area (Å²) in [5.74, 6) is -0.330. The van der Waals surface area contributed by atoms with Crippen LogP contribution in [0.25, 0.3) is 11.3 Å². The van der Waals surface area contributed by atoms with Crippen molar-refractivity contribution < 1.29 is 9.59 Å². The zero-order valence-corrected chi connectivity index (χ0v) is 20.3. The highest BCUT2D eigenvalue weighted by Crippen LogP contribution is 2.31. The number of nitrogens with one attached hydrogen (secondary N) is 1. The Morgan fingerprint density at radius 2 is 1.71 bits per heavy atom. The van der Waals surface area contributed by atoms with Crippen LogP contribution in [0.3, 0.4) is 0 Å². The topological polar surface area (TPSA) is 81.1 Å². The summed E-state index contributed by atoms with van der Waals surface area (Å²) in [6.07, 6.45) is 3.95. The second-order valence-electron chi connectivity index (χ2n) is 9.13. The Morgan fingerprint density at radius 3 is 2.35 bits per heavy atom. The number of benzene rings is 2. The number of hydrogen-bond donors (Lipinski definition) is 1. The molecule has 1 amide bonds. The maximum atomic E-state index is 13.5. The molecule has 1 aromatic heterocycles. The van der Waals surface area contributed by atoms with Gasteiger partial charge in [-0.05, 0) is 94.3 Å². The van der Waals surface area contributed by atoms with Crippen molar-refractivity contribution in [1.29, 1.82) is 0 Å². The van der Waals surface area contributed by atoms with E-state index in [0.717, 1.165) is 52.8 Å². The first-order valence-electron chi connectivity index (χ1n) is 11.9. The second-order valence-corrected chi connectivity index (χ2v) is 9.13. The van der Waals surface area contributed by atoms with Crippen LogP contribution in [0.15, 0.2) is 47.3 Å². The Bertz CT molecular complexity index is 1310. The highest BCUT2D eigenvalue weighted by molar-refractivity contribution is 5.96. The Kier molecular flexibility index (Phi) is 6.77. The molecule has 6 heteroatoms. The summed E-state index contributed by atoms with van der Waals surface area (Å²) in [6.45, 7) is 7.48. The number of nitrogens with zero attached hydrogens (tertiary/aromatic N) is 2. The van der Waals surface area contributed by atoms with Crippen molar-refractivity contribution in [2.75, 3.05) is 5.32 Å². The number of rotatable bonds is 6. The van der Waals surface area contributed by atoms with Crippen molar-refractivity contribution in [2.45, 2.75) is 65.8 Å². The number of anilines is 1. The molecule has 0 fully saturated rings. The maximum Gasteiger partial charge on any atom is 0.271 e. The van der Waals surface area contributed by atoms with Crippen molar-refractivity contribution in [1.82, 2.24) is 9.78 Å². The quantitative estimate of drug-likeness (QED) is 0.516. The fourth-order valence-electron chi connectivity index (χ4n) is 4.66. The third kappa shape index (κ3) is 4.58. The highest BCUT2D eigenvalue weighted by Gasteiger charge is 2.27. The molecule has 0 saturated heterocycles. The van der Waals surface area contributed by atoms with E-state index in [1.165, 1.54) is 11.6 Å². The normalized spacial score (nSPS) is 13.8. The lowest BCUT2D eigenvalue weighted by atomic mass is 9.88. The Morgan fingerprint density at radius 1 is 1.03 bits per heavy atom. The molecule has 2 aromatic carbocycles. The predicted octanol–water partition coefficient (Wildman–Crippen LogP) is 5.20. The van der Waals surface area contributed by atoms with Gasteiger partial charge in [-0.2, -0.15) is 5.10 Å². The molecule has 0 aliphatic heterocycles. The summed E-state index contributed by atoms with van der Waals surface area (Å²) in [5, 5.41) is 7.72. The first kappa shape index (κ1) is 23.6. The molecule has 1 aliphatic carbocycles. The minimum atomic E-state index is -0.740. The minimum absolute atomic E-state index is 0.0342. The molecule has 1 aliphatic rings. The second kappa shape index (κ2) is 9.75. The number of ketones is 1. The summed E-state index contributed by atoms with van der Waals surface area (Å²) in [6, 6.07) is 12.3. The number of Topliss-reactive ketones (excluding diaryl/α,β-unsaturated/α-hetero) is 1. The van der Waals surface area contributed by atoms with Gasteiger partial charge in [-0.3, -0.25) is 14.4 Å². The van der Waals surface area contributed by atoms with E-state index in [-0.39, 0.29) is 17.2 Å². The lowest BCUT2D eigenvalue weighted by Crippen LogP contribution is -2.38. The van der Waals surface area contributed by atoms with Crippen LogP contribution in [0.5, 0.6) is 0 Å². The van der Waals surface area contributed by atoms with Gasteiger partial charge in [-0.25, -0.2) is 4.68 Å². The number of fused-ring (bicyclic) bond motifs is 1. The number of aromatic nitrogens is 2. The molecule has 1 N–H and O–H groups in total. The number of aryl methyl sites for hydroxylation is 2. The molecule has 34 heavy (non-hydrogen) atoms. The molecule has 0 radical (unpaired) electrons. The zero-order chi connectivity index (χ0) is 24.4. The molecule has 1 atom stereocenters. The van der Waals surface area contributed by atoms with Gasteiger partial charge in [-0.1, -0.05) is 24.6 Å². The van der Waals surface area contributed by atoms with Gasteiger partial charge >= 0.3 is 0 Å². The molecule has 0 bridgehead atoms. The van der Waals surface area contributed by atoms with E-state index < -0.39 is 6.04 Å². The minimum Gasteiger partial charge on any atom is -0.324 e. The van der Waals surface area contributed by atoms with Crippen LogP contribution in [0, 0.1) is 13.8 Å². The van der Waals surface area contributed by atoms with Gasteiger partial charge in [0.15, 0.2) is 5.78 Å². The molecule has 4 rings (SSSR count). The molecule has 0 saturated carbocycles. The van der Waals surface area contributed by atoms with E-state index in [0.29, 0.717) is 24.1 Å². The highest BCUT2D eigenvalue weighted by atomic mass is 16.2. The molecule has 1 unspecified atom stereocenters. The molecule has 176 valence electrons. The third-order valence-corrected chi connectivity index (χ3v) is 6.62. The summed E-state index contributed by atoms with van der Waals surface area (Å²) in [4.78, 5) is 38.3. The summed E-state index contributed by atoms with van der Waals surface area (Å²) in [7, 11) is 0. The van der Waals surface area contributed by atoms with E-state index >= 15 is 0 Å². The van der Waals surface area contributed by atoms with Crippen molar-refractivity contribution in [3.63, 3.8) is 0 Å². The van der Waals surface area contributed by atoms with Gasteiger partial charge in [0.2, 0.25) is 5.91 Å². The number of amides is 1. The van der Waals surface area contributed by atoms with Gasteiger partial charge in [-0.15, -0.1) is 0 Å². The summed E-state index contributed by atoms with van der Waals surface area (Å²) >= 11 is 0. The van der Waals surface area contributed by atoms with Crippen LogP contribution in [-0.4, -0.2) is 21.5 Å². The fraction of sp³-hybridized carbons (Fsp3) is 0.357. The Labute approximate surface area is 200 Å². The third-order valence-electron chi connectivity index (χ3n) is 6.62. The molecule has 0 spiro atoms. The monoisotopic (exact) mass is 457 g/mol. The Balaban J connectivity index is 1.77. The summed E-state index contributed by atoms with van der Waals surface area (Å²) < 4.78 is 1.39. The molecule has 3 aromatic rings. The number of carbonyl (C=O) groups excluding carboxylic acids is 2. The fourth-order valence-corrected chi connectivity index (χ4v) is 4.66. The zero-order valence-electron chi connectivity index (χ0n) is 20.3. The van der Waals surface area contributed by atoms with Gasteiger partial charge in [0, 0.05) is 22.4 Å². The SMILES string of the molecule is CCC(C(=O)Nc1ccc(C(C)=O)cc1)n1nc(-c2cc(C)ccc2C)c2c(c1=O)CCCC2. The van der Waals surface area contributed by atoms with Crippen molar-refractivity contribution in [3.05, 3.63) is 80.6 Å². The van der Waals surface area contributed by atoms with Crippen molar-refractivity contribution >= 4 is 17.4 Å². The lowest BCUT2D eigenvalue weighted by Gasteiger charge is -2.24. The molecule has 6 nitrogen and oxygen atoms in total. The van der Waals surface area contributed by atoms with Crippen LogP contribution >= 0.6 is 0 Å². The van der Waals surface area contributed by atoms with Crippen LogP contribution in [-0.2, 0) is 17.6 Å². The lowest BCUT2D eigenvalue weighted by molar-refractivity contribution is -0.119. The Hall–Kier alpha value is -3.54. The van der Waals surface area contributed by atoms with Crippen molar-refractivity contribution in [2.24, 2.45) is 0 Å². The maximum absolute atomic E-state index is 13.5. The van der Waals surface area contributed by atoms with Gasteiger partial charge in [0.1, 0.15) is 6.04 Å². The number of hydrogen-bond acceptors (Lipinski definition) is 4. The predicted molar refractivity (Wildman–Crippen MR) is 134 cm³/mol. The van der Waals surface area contributed by atoms with E-state index in [4.69, 9.17) is 5.10 Å². The standard InChI is InChI=1S/C28H31N3O3/c1-5-25(27(33)29-21-14-12-20(13-15-21)19(4)32)31-28(34)23-9-7-6-8-22(23)26(30-31)24-16-17(2)10-11-18(24)3/h10-16,25H,5-9H2,1-4H3,(H,29,33). The van der Waals surface area contributed by atoms with Crippen molar-refractivity contribution in [3.8, 4) is 11.3 Å². The van der Waals surface area contributed by atoms with Gasteiger partial charge in [0.25, 0.3) is 5.56 Å². The average Bonchev–Trinajstić information content (AvgIpc) is 2.83. The van der Waals surface area contributed by atoms with Crippen LogP contribution < -0.4 is 10.9 Å². The van der Waals surface area contributed by atoms with E-state index in [9.17, 15) is 14.4 Å².